The zero-order valence-corrected chi connectivity index (χ0v) is 12.7. The van der Waals surface area contributed by atoms with E-state index in [-0.39, 0.29) is 5.82 Å². The summed E-state index contributed by atoms with van der Waals surface area (Å²) < 4.78 is 20.1. The summed E-state index contributed by atoms with van der Waals surface area (Å²) >= 11 is 0. The number of anilines is 1. The summed E-state index contributed by atoms with van der Waals surface area (Å²) in [5, 5.41) is 8.43. The smallest absolute Gasteiger partial charge is 0.168 e. The van der Waals surface area contributed by atoms with Gasteiger partial charge >= 0.3 is 0 Å². The molecule has 0 spiro atoms. The van der Waals surface area contributed by atoms with Crippen LogP contribution in [0.4, 0.5) is 10.2 Å². The molecule has 0 bridgehead atoms. The van der Waals surface area contributed by atoms with Crippen molar-refractivity contribution < 1.29 is 8.81 Å². The van der Waals surface area contributed by atoms with E-state index in [1.54, 1.807) is 29.3 Å². The highest BCUT2D eigenvalue weighted by Gasteiger charge is 2.11. The van der Waals surface area contributed by atoms with Crippen molar-refractivity contribution in [1.29, 1.82) is 0 Å². The van der Waals surface area contributed by atoms with Crippen LogP contribution in [0.3, 0.4) is 0 Å². The summed E-state index contributed by atoms with van der Waals surface area (Å²) in [4.78, 5) is 8.58. The molecule has 3 heterocycles. The van der Waals surface area contributed by atoms with Gasteiger partial charge in [0, 0.05) is 13.0 Å². The number of rotatable bonds is 5. The van der Waals surface area contributed by atoms with Gasteiger partial charge in [0.2, 0.25) is 0 Å². The number of aromatic nitrogens is 4. The minimum Gasteiger partial charge on any atom is -0.469 e. The molecule has 4 aromatic rings. The molecular formula is C17H14FN5O. The summed E-state index contributed by atoms with van der Waals surface area (Å²) in [6, 6.07) is 9.91. The number of fused-ring (bicyclic) bond motifs is 1. The molecule has 0 aliphatic heterocycles. The molecule has 3 aromatic heterocycles. The Morgan fingerprint density at radius 2 is 2.00 bits per heavy atom. The molecule has 0 radical (unpaired) electrons. The lowest BCUT2D eigenvalue weighted by atomic mass is 10.3. The van der Waals surface area contributed by atoms with Crippen LogP contribution >= 0.6 is 0 Å². The predicted molar refractivity (Wildman–Crippen MR) is 87.5 cm³/mol. The third kappa shape index (κ3) is 2.71. The Bertz CT molecular complexity index is 947. The molecule has 7 heteroatoms. The molecule has 4 rings (SSSR count). The van der Waals surface area contributed by atoms with Crippen LogP contribution in [0.25, 0.3) is 16.7 Å². The normalized spacial score (nSPS) is 11.0. The fraction of sp³-hybridized carbons (Fsp3) is 0.118. The minimum absolute atomic E-state index is 0.287. The fourth-order valence-electron chi connectivity index (χ4n) is 2.52. The zero-order valence-electron chi connectivity index (χ0n) is 12.7. The van der Waals surface area contributed by atoms with E-state index >= 15 is 0 Å². The van der Waals surface area contributed by atoms with Crippen molar-refractivity contribution in [3.63, 3.8) is 0 Å². The van der Waals surface area contributed by atoms with Crippen molar-refractivity contribution in [1.82, 2.24) is 19.7 Å². The number of hydrogen-bond acceptors (Lipinski definition) is 5. The Morgan fingerprint density at radius 1 is 1.12 bits per heavy atom. The average molecular weight is 323 g/mol. The Morgan fingerprint density at radius 3 is 2.79 bits per heavy atom. The van der Waals surface area contributed by atoms with Gasteiger partial charge < -0.3 is 9.73 Å². The first kappa shape index (κ1) is 14.4. The summed E-state index contributed by atoms with van der Waals surface area (Å²) in [5.41, 5.74) is 1.41. The molecular weight excluding hydrogens is 309 g/mol. The topological polar surface area (TPSA) is 68.8 Å². The number of nitrogens with zero attached hydrogens (tertiary/aromatic N) is 4. The Kier molecular flexibility index (Phi) is 3.66. The quantitative estimate of drug-likeness (QED) is 0.611. The molecule has 0 atom stereocenters. The maximum atomic E-state index is 13.1. The van der Waals surface area contributed by atoms with Gasteiger partial charge in [0.15, 0.2) is 5.65 Å². The van der Waals surface area contributed by atoms with Crippen LogP contribution < -0.4 is 5.32 Å². The highest BCUT2D eigenvalue weighted by molar-refractivity contribution is 5.87. The second-order valence-electron chi connectivity index (χ2n) is 5.25. The number of hydrogen-bond donors (Lipinski definition) is 1. The summed E-state index contributed by atoms with van der Waals surface area (Å²) in [7, 11) is 0. The van der Waals surface area contributed by atoms with Crippen LogP contribution in [0.5, 0.6) is 0 Å². The number of nitrogens with one attached hydrogen (secondary N) is 1. The molecule has 0 saturated heterocycles. The van der Waals surface area contributed by atoms with Gasteiger partial charge in [0.05, 0.1) is 23.5 Å². The van der Waals surface area contributed by atoms with E-state index in [0.29, 0.717) is 18.0 Å². The van der Waals surface area contributed by atoms with Gasteiger partial charge in [0.1, 0.15) is 23.7 Å². The van der Waals surface area contributed by atoms with Crippen molar-refractivity contribution >= 4 is 16.9 Å². The van der Waals surface area contributed by atoms with Crippen LogP contribution in [0.1, 0.15) is 5.76 Å². The van der Waals surface area contributed by atoms with Crippen LogP contribution in [-0.4, -0.2) is 26.3 Å². The van der Waals surface area contributed by atoms with Crippen molar-refractivity contribution in [2.24, 2.45) is 0 Å². The predicted octanol–water partition coefficient (Wildman–Crippen LogP) is 3.20. The van der Waals surface area contributed by atoms with Gasteiger partial charge in [0.25, 0.3) is 0 Å². The molecule has 0 aliphatic carbocycles. The number of benzene rings is 1. The molecule has 6 nitrogen and oxygen atoms in total. The monoisotopic (exact) mass is 323 g/mol. The van der Waals surface area contributed by atoms with E-state index in [9.17, 15) is 4.39 Å². The highest BCUT2D eigenvalue weighted by Crippen LogP contribution is 2.21. The van der Waals surface area contributed by atoms with E-state index in [1.165, 1.54) is 18.5 Å². The lowest BCUT2D eigenvalue weighted by Gasteiger charge is -2.06. The van der Waals surface area contributed by atoms with Crippen LogP contribution in [0.15, 0.2) is 59.6 Å². The SMILES string of the molecule is Fc1ccc(-n2ncc3c(NCCc4ccco4)ncnc32)cc1. The largest absolute Gasteiger partial charge is 0.469 e. The van der Waals surface area contributed by atoms with E-state index in [2.05, 4.69) is 20.4 Å². The first-order chi connectivity index (χ1) is 11.8. The van der Waals surface area contributed by atoms with Crippen LogP contribution in [0, 0.1) is 5.82 Å². The lowest BCUT2D eigenvalue weighted by Crippen LogP contribution is -2.06. The van der Waals surface area contributed by atoms with Crippen molar-refractivity contribution in [2.75, 3.05) is 11.9 Å². The third-order valence-corrected chi connectivity index (χ3v) is 3.68. The second-order valence-corrected chi connectivity index (χ2v) is 5.25. The molecule has 0 fully saturated rings. The summed E-state index contributed by atoms with van der Waals surface area (Å²) in [6.45, 7) is 0.682. The standard InChI is InChI=1S/C17H14FN5O/c18-12-3-5-13(6-4-12)23-17-15(10-22-23)16(20-11-21-17)19-8-7-14-2-1-9-24-14/h1-6,9-11H,7-8H2,(H,19,20,21). The van der Waals surface area contributed by atoms with Crippen LogP contribution in [0.2, 0.25) is 0 Å². The number of furan rings is 1. The maximum Gasteiger partial charge on any atom is 0.168 e. The molecule has 1 N–H and O–H groups in total. The molecule has 120 valence electrons. The molecule has 0 unspecified atom stereocenters. The summed E-state index contributed by atoms with van der Waals surface area (Å²) in [5.74, 6) is 1.33. The van der Waals surface area contributed by atoms with Gasteiger partial charge in [-0.3, -0.25) is 0 Å². The van der Waals surface area contributed by atoms with Gasteiger partial charge in [-0.1, -0.05) is 0 Å². The molecule has 24 heavy (non-hydrogen) atoms. The van der Waals surface area contributed by atoms with Gasteiger partial charge in [-0.2, -0.15) is 5.10 Å². The van der Waals surface area contributed by atoms with Gasteiger partial charge in [-0.25, -0.2) is 19.0 Å². The van der Waals surface area contributed by atoms with Gasteiger partial charge in [-0.05, 0) is 36.4 Å². The molecule has 0 saturated carbocycles. The summed E-state index contributed by atoms with van der Waals surface area (Å²) in [6.07, 6.45) is 5.60. The zero-order chi connectivity index (χ0) is 16.4. The second kappa shape index (κ2) is 6.11. The van der Waals surface area contributed by atoms with Gasteiger partial charge in [-0.15, -0.1) is 0 Å². The maximum absolute atomic E-state index is 13.1. The molecule has 0 amide bonds. The van der Waals surface area contributed by atoms with E-state index in [1.807, 2.05) is 12.1 Å². The van der Waals surface area contributed by atoms with Crippen molar-refractivity contribution in [2.45, 2.75) is 6.42 Å². The highest BCUT2D eigenvalue weighted by atomic mass is 19.1. The van der Waals surface area contributed by atoms with E-state index < -0.39 is 0 Å². The Labute approximate surface area is 137 Å². The minimum atomic E-state index is -0.287. The van der Waals surface area contributed by atoms with Crippen molar-refractivity contribution in [3.8, 4) is 5.69 Å². The Balaban J connectivity index is 1.60. The fourth-order valence-corrected chi connectivity index (χ4v) is 2.52. The number of halogens is 1. The Hall–Kier alpha value is -3.22. The molecule has 1 aromatic carbocycles. The average Bonchev–Trinajstić information content (AvgIpc) is 3.25. The lowest BCUT2D eigenvalue weighted by molar-refractivity contribution is 0.513. The molecule has 0 aliphatic rings. The first-order valence-electron chi connectivity index (χ1n) is 7.52. The third-order valence-electron chi connectivity index (χ3n) is 3.68. The van der Waals surface area contributed by atoms with Crippen LogP contribution in [-0.2, 0) is 6.42 Å². The van der Waals surface area contributed by atoms with E-state index in [4.69, 9.17) is 4.42 Å². The van der Waals surface area contributed by atoms with Crippen molar-refractivity contribution in [3.05, 3.63) is 66.8 Å². The first-order valence-corrected chi connectivity index (χ1v) is 7.52. The van der Waals surface area contributed by atoms with E-state index in [0.717, 1.165) is 23.3 Å².